The summed E-state index contributed by atoms with van der Waals surface area (Å²) in [5.41, 5.74) is 0.620. The van der Waals surface area contributed by atoms with Gasteiger partial charge in [0.25, 0.3) is 5.91 Å². The van der Waals surface area contributed by atoms with Crippen LogP contribution in [0.15, 0.2) is 24.3 Å². The normalized spacial score (nSPS) is 17.0. The van der Waals surface area contributed by atoms with Gasteiger partial charge >= 0.3 is 0 Å². The van der Waals surface area contributed by atoms with E-state index in [4.69, 9.17) is 11.6 Å². The number of benzene rings is 1. The minimum absolute atomic E-state index is 0.148. The average Bonchev–Trinajstić information content (AvgIpc) is 3.16. The molecule has 2 heterocycles. The van der Waals surface area contributed by atoms with Crippen molar-refractivity contribution in [3.05, 3.63) is 39.3 Å². The molecule has 1 aromatic heterocycles. The average molecular weight is 407 g/mol. The third-order valence-corrected chi connectivity index (χ3v) is 5.90. The fraction of sp³-hybridized carbons (Fsp3) is 0.474. The van der Waals surface area contributed by atoms with Crippen molar-refractivity contribution in [2.24, 2.45) is 0 Å². The smallest absolute Gasteiger partial charge is 0.286 e. The van der Waals surface area contributed by atoms with Crippen LogP contribution in [0, 0.1) is 0 Å². The van der Waals surface area contributed by atoms with Crippen LogP contribution in [0.1, 0.15) is 59.8 Å². The summed E-state index contributed by atoms with van der Waals surface area (Å²) in [5, 5.41) is 12.7. The first-order chi connectivity index (χ1) is 13.1. The van der Waals surface area contributed by atoms with E-state index in [1.807, 2.05) is 4.90 Å². The Kier molecular flexibility index (Phi) is 6.79. The molecule has 2 amide bonds. The highest BCUT2D eigenvalue weighted by molar-refractivity contribution is 7.13. The topological polar surface area (TPSA) is 75.2 Å². The van der Waals surface area contributed by atoms with Crippen LogP contribution in [0.5, 0.6) is 0 Å². The van der Waals surface area contributed by atoms with E-state index in [0.29, 0.717) is 28.7 Å². The number of carbonyl (C=O) groups excluding carboxylic acids is 2. The number of halogens is 1. The second kappa shape index (κ2) is 9.28. The molecule has 1 aliphatic rings. The Hall–Kier alpha value is -1.99. The third-order valence-electron chi connectivity index (χ3n) is 4.58. The highest BCUT2D eigenvalue weighted by Crippen LogP contribution is 2.30. The summed E-state index contributed by atoms with van der Waals surface area (Å²) in [4.78, 5) is 26.6. The van der Waals surface area contributed by atoms with Crippen LogP contribution >= 0.6 is 22.9 Å². The van der Waals surface area contributed by atoms with Gasteiger partial charge in [0.1, 0.15) is 5.01 Å². The number of carbonyl (C=O) groups is 2. The molecule has 1 atom stereocenters. The molecule has 0 spiro atoms. The minimum atomic E-state index is -0.298. The fourth-order valence-corrected chi connectivity index (χ4v) is 4.19. The molecule has 144 valence electrons. The van der Waals surface area contributed by atoms with Gasteiger partial charge in [-0.2, -0.15) is 0 Å². The number of amides is 2. The van der Waals surface area contributed by atoms with Gasteiger partial charge in [-0.1, -0.05) is 42.3 Å². The van der Waals surface area contributed by atoms with E-state index in [1.54, 1.807) is 24.3 Å². The van der Waals surface area contributed by atoms with Gasteiger partial charge in [0.15, 0.2) is 0 Å². The van der Waals surface area contributed by atoms with Crippen LogP contribution in [0.2, 0.25) is 5.02 Å². The molecule has 1 aliphatic heterocycles. The Morgan fingerprint density at radius 1 is 1.37 bits per heavy atom. The molecular formula is C19H23ClN4O2S. The standard InChI is InChI=1S/C19H23ClN4O2S/c1-2-3-9-16(25)24-10-5-6-13(12-24)18-22-23-19(27-18)17(26)21-15-8-4-7-14(20)11-15/h4,7-8,11,13H,2-3,5-6,9-10,12H2,1H3,(H,21,26)/t13-/m0/s1. The maximum absolute atomic E-state index is 12.4. The van der Waals surface area contributed by atoms with Gasteiger partial charge in [-0.3, -0.25) is 9.59 Å². The lowest BCUT2D eigenvalue weighted by atomic mass is 9.98. The van der Waals surface area contributed by atoms with E-state index in [2.05, 4.69) is 22.4 Å². The molecule has 27 heavy (non-hydrogen) atoms. The van der Waals surface area contributed by atoms with Gasteiger partial charge in [-0.05, 0) is 37.5 Å². The lowest BCUT2D eigenvalue weighted by Gasteiger charge is -2.31. The number of hydrogen-bond donors (Lipinski definition) is 1. The maximum atomic E-state index is 12.4. The molecule has 6 nitrogen and oxygen atoms in total. The molecule has 0 aliphatic carbocycles. The lowest BCUT2D eigenvalue weighted by Crippen LogP contribution is -2.38. The summed E-state index contributed by atoms with van der Waals surface area (Å²) in [7, 11) is 0. The number of rotatable bonds is 6. The van der Waals surface area contributed by atoms with Crippen molar-refractivity contribution < 1.29 is 9.59 Å². The number of unbranched alkanes of at least 4 members (excludes halogenated alkanes) is 1. The molecule has 1 saturated heterocycles. The van der Waals surface area contributed by atoms with Crippen molar-refractivity contribution in [2.45, 2.75) is 44.9 Å². The Morgan fingerprint density at radius 3 is 3.00 bits per heavy atom. The van der Waals surface area contributed by atoms with Gasteiger partial charge in [-0.15, -0.1) is 10.2 Å². The third kappa shape index (κ3) is 5.26. The highest BCUT2D eigenvalue weighted by atomic mass is 35.5. The largest absolute Gasteiger partial charge is 0.342 e. The molecular weight excluding hydrogens is 384 g/mol. The number of hydrogen-bond acceptors (Lipinski definition) is 5. The maximum Gasteiger partial charge on any atom is 0.286 e. The first kappa shape index (κ1) is 19.8. The fourth-order valence-electron chi connectivity index (χ4n) is 3.13. The number of nitrogens with one attached hydrogen (secondary N) is 1. The monoisotopic (exact) mass is 406 g/mol. The molecule has 8 heteroatoms. The zero-order valence-electron chi connectivity index (χ0n) is 15.3. The predicted octanol–water partition coefficient (Wildman–Crippen LogP) is 4.34. The van der Waals surface area contributed by atoms with Crippen LogP contribution in [0.3, 0.4) is 0 Å². The molecule has 1 fully saturated rings. The van der Waals surface area contributed by atoms with Gasteiger partial charge in [0.2, 0.25) is 10.9 Å². The Labute approximate surface area is 167 Å². The van der Waals surface area contributed by atoms with E-state index in [0.717, 1.165) is 37.2 Å². The first-order valence-electron chi connectivity index (χ1n) is 9.25. The van der Waals surface area contributed by atoms with Gasteiger partial charge in [0.05, 0.1) is 0 Å². The summed E-state index contributed by atoms with van der Waals surface area (Å²) in [5.74, 6) is 0.0623. The van der Waals surface area contributed by atoms with Crippen molar-refractivity contribution >= 4 is 40.4 Å². The van der Waals surface area contributed by atoms with Crippen LogP contribution in [-0.2, 0) is 4.79 Å². The summed E-state index contributed by atoms with van der Waals surface area (Å²) in [6.45, 7) is 3.55. The van der Waals surface area contributed by atoms with E-state index in [-0.39, 0.29) is 17.7 Å². The van der Waals surface area contributed by atoms with E-state index < -0.39 is 0 Å². The zero-order valence-corrected chi connectivity index (χ0v) is 16.9. The Balaban J connectivity index is 1.62. The quantitative estimate of drug-likeness (QED) is 0.774. The van der Waals surface area contributed by atoms with Gasteiger partial charge in [0, 0.05) is 36.1 Å². The summed E-state index contributed by atoms with van der Waals surface area (Å²) in [6, 6.07) is 6.97. The summed E-state index contributed by atoms with van der Waals surface area (Å²) in [6.07, 6.45) is 4.46. The zero-order chi connectivity index (χ0) is 19.2. The van der Waals surface area contributed by atoms with Crippen molar-refractivity contribution in [1.29, 1.82) is 0 Å². The van der Waals surface area contributed by atoms with Crippen molar-refractivity contribution in [3.63, 3.8) is 0 Å². The highest BCUT2D eigenvalue weighted by Gasteiger charge is 2.27. The number of likely N-dealkylation sites (tertiary alicyclic amines) is 1. The molecule has 3 rings (SSSR count). The van der Waals surface area contributed by atoms with Crippen LogP contribution < -0.4 is 5.32 Å². The molecule has 0 unspecified atom stereocenters. The Bertz CT molecular complexity index is 811. The number of aromatic nitrogens is 2. The van der Waals surface area contributed by atoms with Crippen molar-refractivity contribution in [3.8, 4) is 0 Å². The molecule has 1 aromatic carbocycles. The molecule has 0 bridgehead atoms. The Morgan fingerprint density at radius 2 is 2.22 bits per heavy atom. The second-order valence-electron chi connectivity index (χ2n) is 6.69. The predicted molar refractivity (Wildman–Crippen MR) is 107 cm³/mol. The summed E-state index contributed by atoms with van der Waals surface area (Å²) >= 11 is 7.24. The number of nitrogens with zero attached hydrogens (tertiary/aromatic N) is 3. The molecule has 2 aromatic rings. The van der Waals surface area contributed by atoms with Crippen LogP contribution in [-0.4, -0.2) is 40.0 Å². The van der Waals surface area contributed by atoms with E-state index >= 15 is 0 Å². The van der Waals surface area contributed by atoms with Crippen molar-refractivity contribution in [2.75, 3.05) is 18.4 Å². The van der Waals surface area contributed by atoms with Gasteiger partial charge in [-0.25, -0.2) is 0 Å². The molecule has 0 saturated carbocycles. The first-order valence-corrected chi connectivity index (χ1v) is 10.4. The molecule has 0 radical (unpaired) electrons. The molecule has 1 N–H and O–H groups in total. The second-order valence-corrected chi connectivity index (χ2v) is 8.14. The summed E-state index contributed by atoms with van der Waals surface area (Å²) < 4.78 is 0. The van der Waals surface area contributed by atoms with Crippen LogP contribution in [0.25, 0.3) is 0 Å². The van der Waals surface area contributed by atoms with Crippen LogP contribution in [0.4, 0.5) is 5.69 Å². The SMILES string of the molecule is CCCCC(=O)N1CCC[C@H](c2nnc(C(=O)Nc3cccc(Cl)c3)s2)C1. The number of anilines is 1. The van der Waals surface area contributed by atoms with E-state index in [1.165, 1.54) is 11.3 Å². The van der Waals surface area contributed by atoms with Crippen molar-refractivity contribution in [1.82, 2.24) is 15.1 Å². The number of piperidine rings is 1. The lowest BCUT2D eigenvalue weighted by molar-refractivity contribution is -0.132. The van der Waals surface area contributed by atoms with Gasteiger partial charge < -0.3 is 10.2 Å². The van der Waals surface area contributed by atoms with E-state index in [9.17, 15) is 9.59 Å². The minimum Gasteiger partial charge on any atom is -0.342 e.